The van der Waals surface area contributed by atoms with Crippen molar-refractivity contribution in [1.82, 2.24) is 9.88 Å². The van der Waals surface area contributed by atoms with Crippen LogP contribution in [0.4, 0.5) is 18.3 Å². The maximum absolute atomic E-state index is 12.6. The van der Waals surface area contributed by atoms with Crippen LogP contribution >= 0.6 is 11.3 Å². The molecular formula is C26H28F3N3O4S2. The minimum atomic E-state index is -4.74. The molecule has 2 aromatic carbocycles. The summed E-state index contributed by atoms with van der Waals surface area (Å²) in [7, 11) is -3.30. The van der Waals surface area contributed by atoms with Crippen LogP contribution in [-0.2, 0) is 27.6 Å². The van der Waals surface area contributed by atoms with Crippen molar-refractivity contribution < 1.29 is 31.1 Å². The zero-order chi connectivity index (χ0) is 27.8. The molecule has 1 unspecified atom stereocenters. The third kappa shape index (κ3) is 6.54. The number of amides is 1. The number of nitrogens with zero attached hydrogens (tertiary/aromatic N) is 2. The van der Waals surface area contributed by atoms with Gasteiger partial charge in [0.05, 0.1) is 23.1 Å². The smallest absolute Gasteiger partial charge is 0.406 e. The average Bonchev–Trinajstić information content (AvgIpc) is 3.34. The van der Waals surface area contributed by atoms with Gasteiger partial charge in [0.2, 0.25) is 5.91 Å². The maximum atomic E-state index is 12.6. The Hall–Kier alpha value is -2.96. The van der Waals surface area contributed by atoms with Crippen LogP contribution in [0.3, 0.4) is 0 Å². The molecule has 4 rings (SSSR count). The molecule has 0 radical (unpaired) electrons. The highest BCUT2D eigenvalue weighted by Crippen LogP contribution is 2.46. The molecule has 2 atom stereocenters. The lowest BCUT2D eigenvalue weighted by atomic mass is 9.98. The molecule has 1 N–H and O–H groups in total. The predicted molar refractivity (Wildman–Crippen MR) is 139 cm³/mol. The molecule has 1 aliphatic rings. The van der Waals surface area contributed by atoms with E-state index in [0.717, 1.165) is 22.4 Å². The van der Waals surface area contributed by atoms with E-state index >= 15 is 0 Å². The Labute approximate surface area is 223 Å². The lowest BCUT2D eigenvalue weighted by molar-refractivity contribution is -0.274. The standard InChI is InChI=1S/C26H28F3N3O4S2/c1-15(2)24-23-21(14-32(24)16(3)18-7-9-19(10-8-18)36-26(27,28)29)37-25(31-23)30-22(33)13-17-5-11-20(12-6-17)38(4,34)35/h5-12,15-16,24H,13-14H2,1-4H3,(H,30,31,33)/t16-,24?/m1/s1. The molecule has 0 fully saturated rings. The predicted octanol–water partition coefficient (Wildman–Crippen LogP) is 5.90. The highest BCUT2D eigenvalue weighted by Gasteiger charge is 2.39. The molecule has 3 aromatic rings. The zero-order valence-electron chi connectivity index (χ0n) is 21.2. The van der Waals surface area contributed by atoms with Gasteiger partial charge >= 0.3 is 6.36 Å². The number of ether oxygens (including phenoxy) is 1. The summed E-state index contributed by atoms with van der Waals surface area (Å²) in [6.45, 7) is 6.76. The third-order valence-electron chi connectivity index (χ3n) is 6.38. The summed E-state index contributed by atoms with van der Waals surface area (Å²) in [6, 6.07) is 12.0. The van der Waals surface area contributed by atoms with Crippen LogP contribution in [0, 0.1) is 5.92 Å². The van der Waals surface area contributed by atoms with Gasteiger partial charge in [-0.2, -0.15) is 0 Å². The summed E-state index contributed by atoms with van der Waals surface area (Å²) in [5, 5.41) is 3.35. The number of anilines is 1. The molecule has 2 heterocycles. The first-order valence-corrected chi connectivity index (χ1v) is 14.6. The Morgan fingerprint density at radius 3 is 2.32 bits per heavy atom. The number of thiazole rings is 1. The molecule has 0 saturated heterocycles. The van der Waals surface area contributed by atoms with Gasteiger partial charge in [-0.05, 0) is 48.2 Å². The van der Waals surface area contributed by atoms with Gasteiger partial charge in [0.15, 0.2) is 15.0 Å². The first kappa shape index (κ1) is 28.1. The van der Waals surface area contributed by atoms with Gasteiger partial charge in [-0.15, -0.1) is 24.5 Å². The van der Waals surface area contributed by atoms with Crippen molar-refractivity contribution in [3.8, 4) is 5.75 Å². The van der Waals surface area contributed by atoms with Gasteiger partial charge in [-0.3, -0.25) is 9.69 Å². The second-order valence-corrected chi connectivity index (χ2v) is 12.7. The van der Waals surface area contributed by atoms with Crippen molar-refractivity contribution in [3.63, 3.8) is 0 Å². The van der Waals surface area contributed by atoms with E-state index in [1.165, 1.54) is 35.6 Å². The minimum absolute atomic E-state index is 0.0310. The number of sulfone groups is 1. The number of aromatic nitrogens is 1. The van der Waals surface area contributed by atoms with Crippen LogP contribution in [0.5, 0.6) is 5.75 Å². The largest absolute Gasteiger partial charge is 0.573 e. The van der Waals surface area contributed by atoms with E-state index in [0.29, 0.717) is 17.2 Å². The minimum Gasteiger partial charge on any atom is -0.406 e. The average molecular weight is 568 g/mol. The van der Waals surface area contributed by atoms with Crippen molar-refractivity contribution in [2.45, 2.75) is 57.1 Å². The monoisotopic (exact) mass is 567 g/mol. The van der Waals surface area contributed by atoms with E-state index in [2.05, 4.69) is 28.8 Å². The van der Waals surface area contributed by atoms with Crippen molar-refractivity contribution >= 4 is 32.2 Å². The van der Waals surface area contributed by atoms with Crippen molar-refractivity contribution in [1.29, 1.82) is 0 Å². The van der Waals surface area contributed by atoms with Crippen LogP contribution in [-0.4, -0.2) is 36.8 Å². The lowest BCUT2D eigenvalue weighted by Gasteiger charge is -2.33. The summed E-state index contributed by atoms with van der Waals surface area (Å²) in [5.74, 6) is -0.314. The fraction of sp³-hybridized carbons (Fsp3) is 0.385. The zero-order valence-corrected chi connectivity index (χ0v) is 22.9. The summed E-state index contributed by atoms with van der Waals surface area (Å²) in [5.41, 5.74) is 2.43. The number of benzene rings is 2. The summed E-state index contributed by atoms with van der Waals surface area (Å²) < 4.78 is 64.7. The highest BCUT2D eigenvalue weighted by atomic mass is 32.2. The molecule has 1 aliphatic heterocycles. The Morgan fingerprint density at radius 2 is 1.76 bits per heavy atom. The van der Waals surface area contributed by atoms with Crippen LogP contribution in [0.25, 0.3) is 0 Å². The van der Waals surface area contributed by atoms with Gasteiger partial charge in [0.1, 0.15) is 5.75 Å². The molecule has 0 aliphatic carbocycles. The van der Waals surface area contributed by atoms with Gasteiger partial charge in [0, 0.05) is 23.7 Å². The summed E-state index contributed by atoms with van der Waals surface area (Å²) in [6.07, 6.45) is -3.52. The maximum Gasteiger partial charge on any atom is 0.573 e. The molecular weight excluding hydrogens is 539 g/mol. The van der Waals surface area contributed by atoms with Crippen molar-refractivity contribution in [3.05, 3.63) is 70.2 Å². The van der Waals surface area contributed by atoms with Crippen LogP contribution in [0.15, 0.2) is 53.4 Å². The number of fused-ring (bicyclic) bond motifs is 1. The number of alkyl halides is 3. The number of halogens is 3. The topological polar surface area (TPSA) is 88.6 Å². The number of carbonyl (C=O) groups is 1. The van der Waals surface area contributed by atoms with Gasteiger partial charge in [-0.25, -0.2) is 13.4 Å². The molecule has 38 heavy (non-hydrogen) atoms. The highest BCUT2D eigenvalue weighted by molar-refractivity contribution is 7.90. The van der Waals surface area contributed by atoms with Crippen LogP contribution in [0.1, 0.15) is 54.6 Å². The first-order chi connectivity index (χ1) is 17.7. The number of carbonyl (C=O) groups excluding carboxylic acids is 1. The molecule has 7 nitrogen and oxygen atoms in total. The second-order valence-electron chi connectivity index (χ2n) is 9.62. The van der Waals surface area contributed by atoms with E-state index < -0.39 is 16.2 Å². The quantitative estimate of drug-likeness (QED) is 0.365. The molecule has 1 aromatic heterocycles. The third-order valence-corrected chi connectivity index (χ3v) is 8.48. The Balaban J connectivity index is 1.43. The van der Waals surface area contributed by atoms with Crippen molar-refractivity contribution in [2.75, 3.05) is 11.6 Å². The molecule has 12 heteroatoms. The van der Waals surface area contributed by atoms with E-state index in [1.54, 1.807) is 24.3 Å². The SMILES string of the molecule is CC(C)C1c2nc(NC(=O)Cc3ccc(S(C)(=O)=O)cc3)sc2CN1[C@H](C)c1ccc(OC(F)(F)F)cc1. The van der Waals surface area contributed by atoms with E-state index in [1.807, 2.05) is 6.92 Å². The summed E-state index contributed by atoms with van der Waals surface area (Å²) in [4.78, 5) is 20.8. The van der Waals surface area contributed by atoms with Gasteiger partial charge in [-0.1, -0.05) is 38.1 Å². The second kappa shape index (κ2) is 10.7. The Morgan fingerprint density at radius 1 is 1.13 bits per heavy atom. The van der Waals surface area contributed by atoms with E-state index in [-0.39, 0.29) is 41.0 Å². The molecule has 0 bridgehead atoms. The van der Waals surface area contributed by atoms with Crippen LogP contribution < -0.4 is 10.1 Å². The van der Waals surface area contributed by atoms with E-state index in [9.17, 15) is 26.4 Å². The number of rotatable bonds is 8. The molecule has 0 saturated carbocycles. The fourth-order valence-electron chi connectivity index (χ4n) is 4.60. The fourth-order valence-corrected chi connectivity index (χ4v) is 6.26. The molecule has 0 spiro atoms. The normalized spacial score (nSPS) is 16.9. The van der Waals surface area contributed by atoms with Crippen LogP contribution in [0.2, 0.25) is 0 Å². The Bertz CT molecular complexity index is 1400. The summed E-state index contributed by atoms with van der Waals surface area (Å²) >= 11 is 1.40. The van der Waals surface area contributed by atoms with Crippen molar-refractivity contribution in [2.24, 2.45) is 5.92 Å². The van der Waals surface area contributed by atoms with Gasteiger partial charge in [0.25, 0.3) is 0 Å². The van der Waals surface area contributed by atoms with E-state index in [4.69, 9.17) is 4.98 Å². The number of hydrogen-bond donors (Lipinski definition) is 1. The Kier molecular flexibility index (Phi) is 7.87. The first-order valence-electron chi connectivity index (χ1n) is 11.9. The lowest BCUT2D eigenvalue weighted by Crippen LogP contribution is -2.29. The molecule has 1 amide bonds. The van der Waals surface area contributed by atoms with Gasteiger partial charge < -0.3 is 10.1 Å². The number of hydrogen-bond acceptors (Lipinski definition) is 7. The number of nitrogens with one attached hydrogen (secondary N) is 1. The molecule has 204 valence electrons.